The zero-order valence-corrected chi connectivity index (χ0v) is 11.6. The molecule has 1 aromatic rings. The van der Waals surface area contributed by atoms with Crippen molar-refractivity contribution in [2.24, 2.45) is 0 Å². The lowest BCUT2D eigenvalue weighted by molar-refractivity contribution is -0.117. The fraction of sp³-hybridized carbons (Fsp3) is 0.300. The standard InChI is InChI=1S/C10H12Br2N2O/c1-6(13-2)10(15)14-9-7(11)4-3-5-8(9)12/h3-6,13H,1-2H3,(H,14,15). The molecule has 0 radical (unpaired) electrons. The van der Waals surface area contributed by atoms with Crippen molar-refractivity contribution in [2.45, 2.75) is 13.0 Å². The van der Waals surface area contributed by atoms with Crippen molar-refractivity contribution in [2.75, 3.05) is 12.4 Å². The summed E-state index contributed by atoms with van der Waals surface area (Å²) in [6, 6.07) is 5.43. The Hall–Kier alpha value is -0.390. The zero-order chi connectivity index (χ0) is 11.4. The molecule has 0 heterocycles. The van der Waals surface area contributed by atoms with E-state index in [9.17, 15) is 4.79 Å². The van der Waals surface area contributed by atoms with Crippen LogP contribution in [0, 0.1) is 0 Å². The Balaban J connectivity index is 2.85. The molecular formula is C10H12Br2N2O. The van der Waals surface area contributed by atoms with Crippen molar-refractivity contribution in [3.63, 3.8) is 0 Å². The smallest absolute Gasteiger partial charge is 0.241 e. The van der Waals surface area contributed by atoms with Crippen LogP contribution in [0.1, 0.15) is 6.92 Å². The Morgan fingerprint density at radius 3 is 2.33 bits per heavy atom. The molecule has 1 atom stereocenters. The van der Waals surface area contributed by atoms with E-state index in [0.29, 0.717) is 0 Å². The molecule has 1 rings (SSSR count). The van der Waals surface area contributed by atoms with E-state index in [4.69, 9.17) is 0 Å². The molecule has 3 nitrogen and oxygen atoms in total. The molecule has 5 heteroatoms. The number of amides is 1. The molecule has 0 saturated carbocycles. The third kappa shape index (κ3) is 3.29. The zero-order valence-electron chi connectivity index (χ0n) is 8.47. The Labute approximate surface area is 106 Å². The summed E-state index contributed by atoms with van der Waals surface area (Å²) in [5, 5.41) is 5.72. The lowest BCUT2D eigenvalue weighted by Gasteiger charge is -2.13. The van der Waals surface area contributed by atoms with Gasteiger partial charge in [0.1, 0.15) is 0 Å². The number of likely N-dealkylation sites (N-methyl/N-ethyl adjacent to an activating group) is 1. The van der Waals surface area contributed by atoms with Crippen molar-refractivity contribution in [1.82, 2.24) is 5.32 Å². The van der Waals surface area contributed by atoms with Crippen LogP contribution in [0.3, 0.4) is 0 Å². The third-order valence-corrected chi connectivity index (χ3v) is 3.36. The van der Waals surface area contributed by atoms with Crippen LogP contribution < -0.4 is 10.6 Å². The van der Waals surface area contributed by atoms with E-state index in [0.717, 1.165) is 14.6 Å². The second-order valence-corrected chi connectivity index (χ2v) is 4.80. The molecule has 0 spiro atoms. The third-order valence-electron chi connectivity index (χ3n) is 2.04. The maximum Gasteiger partial charge on any atom is 0.241 e. The van der Waals surface area contributed by atoms with Gasteiger partial charge < -0.3 is 10.6 Å². The minimum Gasteiger partial charge on any atom is -0.323 e. The maximum absolute atomic E-state index is 11.6. The maximum atomic E-state index is 11.6. The molecule has 0 fully saturated rings. The molecule has 1 aromatic carbocycles. The first-order valence-corrected chi connectivity index (χ1v) is 6.07. The van der Waals surface area contributed by atoms with Gasteiger partial charge in [0, 0.05) is 8.95 Å². The number of para-hydroxylation sites is 1. The van der Waals surface area contributed by atoms with Crippen LogP contribution in [0.15, 0.2) is 27.1 Å². The van der Waals surface area contributed by atoms with Crippen LogP contribution in [0.5, 0.6) is 0 Å². The summed E-state index contributed by atoms with van der Waals surface area (Å²) in [6.45, 7) is 1.81. The van der Waals surface area contributed by atoms with Gasteiger partial charge in [0.15, 0.2) is 0 Å². The van der Waals surface area contributed by atoms with Gasteiger partial charge in [-0.3, -0.25) is 4.79 Å². The summed E-state index contributed by atoms with van der Waals surface area (Å²) in [5.41, 5.74) is 0.754. The Bertz CT molecular complexity index is 348. The number of hydrogen-bond donors (Lipinski definition) is 2. The molecule has 0 aromatic heterocycles. The topological polar surface area (TPSA) is 41.1 Å². The highest BCUT2D eigenvalue weighted by molar-refractivity contribution is 9.11. The van der Waals surface area contributed by atoms with Crippen LogP contribution in [-0.4, -0.2) is 19.0 Å². The fourth-order valence-electron chi connectivity index (χ4n) is 0.980. The van der Waals surface area contributed by atoms with Gasteiger partial charge in [0.05, 0.1) is 11.7 Å². The van der Waals surface area contributed by atoms with Gasteiger partial charge in [-0.15, -0.1) is 0 Å². The van der Waals surface area contributed by atoms with Gasteiger partial charge >= 0.3 is 0 Å². The molecule has 0 aliphatic carbocycles. The van der Waals surface area contributed by atoms with E-state index in [1.807, 2.05) is 18.2 Å². The van der Waals surface area contributed by atoms with E-state index in [2.05, 4.69) is 42.5 Å². The van der Waals surface area contributed by atoms with Crippen LogP contribution in [0.4, 0.5) is 5.69 Å². The predicted molar refractivity (Wildman–Crippen MR) is 69.0 cm³/mol. The number of hydrogen-bond acceptors (Lipinski definition) is 2. The minimum absolute atomic E-state index is 0.0647. The molecule has 0 aliphatic rings. The summed E-state index contributed by atoms with van der Waals surface area (Å²) in [7, 11) is 1.75. The molecule has 0 bridgehead atoms. The Morgan fingerprint density at radius 2 is 1.87 bits per heavy atom. The fourth-order valence-corrected chi connectivity index (χ4v) is 2.18. The van der Waals surface area contributed by atoms with E-state index in [-0.39, 0.29) is 11.9 Å². The van der Waals surface area contributed by atoms with Gasteiger partial charge in [-0.05, 0) is 58.0 Å². The first kappa shape index (κ1) is 12.7. The predicted octanol–water partition coefficient (Wildman–Crippen LogP) is 2.76. The highest BCUT2D eigenvalue weighted by Gasteiger charge is 2.13. The second-order valence-electron chi connectivity index (χ2n) is 3.10. The number of halogens is 2. The molecule has 1 unspecified atom stereocenters. The molecule has 0 aliphatic heterocycles. The number of rotatable bonds is 3. The monoisotopic (exact) mass is 334 g/mol. The number of nitrogens with one attached hydrogen (secondary N) is 2. The molecule has 82 valence electrons. The van der Waals surface area contributed by atoms with Crippen molar-refractivity contribution >= 4 is 43.5 Å². The van der Waals surface area contributed by atoms with E-state index in [1.54, 1.807) is 14.0 Å². The van der Waals surface area contributed by atoms with Gasteiger partial charge in [-0.1, -0.05) is 6.07 Å². The van der Waals surface area contributed by atoms with Crippen LogP contribution >= 0.6 is 31.9 Å². The summed E-state index contributed by atoms with van der Waals surface area (Å²) >= 11 is 6.76. The summed E-state index contributed by atoms with van der Waals surface area (Å²) < 4.78 is 1.71. The molecule has 1 amide bonds. The molecule has 2 N–H and O–H groups in total. The van der Waals surface area contributed by atoms with E-state index >= 15 is 0 Å². The number of carbonyl (C=O) groups is 1. The first-order valence-electron chi connectivity index (χ1n) is 4.48. The lowest BCUT2D eigenvalue weighted by atomic mass is 10.3. The van der Waals surface area contributed by atoms with E-state index < -0.39 is 0 Å². The van der Waals surface area contributed by atoms with Crippen molar-refractivity contribution in [1.29, 1.82) is 0 Å². The van der Waals surface area contributed by atoms with Gasteiger partial charge in [-0.2, -0.15) is 0 Å². The highest BCUT2D eigenvalue weighted by atomic mass is 79.9. The Kier molecular flexibility index (Phi) is 4.76. The second kappa shape index (κ2) is 5.63. The number of benzene rings is 1. The van der Waals surface area contributed by atoms with Crippen molar-refractivity contribution < 1.29 is 4.79 Å². The molecular weight excluding hydrogens is 324 g/mol. The number of carbonyl (C=O) groups excluding carboxylic acids is 1. The average Bonchev–Trinajstić information content (AvgIpc) is 2.22. The van der Waals surface area contributed by atoms with Crippen LogP contribution in [-0.2, 0) is 4.79 Å². The molecule has 0 saturated heterocycles. The largest absolute Gasteiger partial charge is 0.323 e. The van der Waals surface area contributed by atoms with Gasteiger partial charge in [0.2, 0.25) is 5.91 Å². The highest BCUT2D eigenvalue weighted by Crippen LogP contribution is 2.30. The van der Waals surface area contributed by atoms with Crippen LogP contribution in [0.25, 0.3) is 0 Å². The summed E-state index contributed by atoms with van der Waals surface area (Å²) in [4.78, 5) is 11.6. The summed E-state index contributed by atoms with van der Waals surface area (Å²) in [6.07, 6.45) is 0. The van der Waals surface area contributed by atoms with Gasteiger partial charge in [-0.25, -0.2) is 0 Å². The lowest BCUT2D eigenvalue weighted by Crippen LogP contribution is -2.35. The van der Waals surface area contributed by atoms with Crippen molar-refractivity contribution in [3.8, 4) is 0 Å². The minimum atomic E-state index is -0.219. The number of anilines is 1. The van der Waals surface area contributed by atoms with Crippen LogP contribution in [0.2, 0.25) is 0 Å². The quantitative estimate of drug-likeness (QED) is 0.891. The SMILES string of the molecule is CNC(C)C(=O)Nc1c(Br)cccc1Br. The molecule has 15 heavy (non-hydrogen) atoms. The van der Waals surface area contributed by atoms with Crippen molar-refractivity contribution in [3.05, 3.63) is 27.1 Å². The Morgan fingerprint density at radius 1 is 1.33 bits per heavy atom. The first-order chi connectivity index (χ1) is 7.06. The normalized spacial score (nSPS) is 12.3. The summed E-state index contributed by atoms with van der Waals surface area (Å²) in [5.74, 6) is -0.0647. The van der Waals surface area contributed by atoms with Gasteiger partial charge in [0.25, 0.3) is 0 Å². The van der Waals surface area contributed by atoms with E-state index in [1.165, 1.54) is 0 Å². The average molecular weight is 336 g/mol.